The average molecular weight is 241 g/mol. The zero-order valence-corrected chi connectivity index (χ0v) is 10.6. The molecule has 1 atom stereocenters. The fourth-order valence-electron chi connectivity index (χ4n) is 2.13. The number of benzene rings is 2. The van der Waals surface area contributed by atoms with Gasteiger partial charge in [-0.2, -0.15) is 0 Å². The van der Waals surface area contributed by atoms with Crippen LogP contribution in [-0.4, -0.2) is 11.7 Å². The molecule has 2 heteroatoms. The van der Waals surface area contributed by atoms with Gasteiger partial charge in [0.05, 0.1) is 6.10 Å². The third-order valence-corrected chi connectivity index (χ3v) is 3.17. The monoisotopic (exact) mass is 241 g/mol. The predicted octanol–water partition coefficient (Wildman–Crippen LogP) is 3.04. The maximum absolute atomic E-state index is 9.98. The van der Waals surface area contributed by atoms with Crippen LogP contribution in [0, 0.1) is 6.92 Å². The van der Waals surface area contributed by atoms with Crippen LogP contribution in [0.25, 0.3) is 11.1 Å². The van der Waals surface area contributed by atoms with Gasteiger partial charge in [-0.05, 0) is 48.2 Å². The summed E-state index contributed by atoms with van der Waals surface area (Å²) in [4.78, 5) is 0. The highest BCUT2D eigenvalue weighted by molar-refractivity contribution is 5.67. The van der Waals surface area contributed by atoms with E-state index in [0.29, 0.717) is 13.0 Å². The number of aliphatic hydroxyl groups excluding tert-OH is 1. The molecule has 0 fully saturated rings. The highest BCUT2D eigenvalue weighted by atomic mass is 16.3. The molecule has 2 aromatic rings. The maximum Gasteiger partial charge on any atom is 0.0802 e. The van der Waals surface area contributed by atoms with E-state index in [2.05, 4.69) is 25.1 Å². The molecule has 0 spiro atoms. The summed E-state index contributed by atoms with van der Waals surface area (Å²) in [5.41, 5.74) is 10.00. The summed E-state index contributed by atoms with van der Waals surface area (Å²) in [6, 6.07) is 16.3. The van der Waals surface area contributed by atoms with E-state index in [-0.39, 0.29) is 0 Å². The van der Waals surface area contributed by atoms with E-state index in [1.54, 1.807) is 0 Å². The van der Waals surface area contributed by atoms with Crippen LogP contribution in [0.3, 0.4) is 0 Å². The first-order valence-corrected chi connectivity index (χ1v) is 6.26. The lowest BCUT2D eigenvalue weighted by Gasteiger charge is -2.12. The Kier molecular flexibility index (Phi) is 4.13. The topological polar surface area (TPSA) is 46.2 Å². The van der Waals surface area contributed by atoms with Crippen molar-refractivity contribution in [2.45, 2.75) is 19.4 Å². The fourth-order valence-corrected chi connectivity index (χ4v) is 2.13. The molecular formula is C16H19NO. The highest BCUT2D eigenvalue weighted by Gasteiger charge is 2.08. The maximum atomic E-state index is 9.98. The van der Waals surface area contributed by atoms with Gasteiger partial charge in [0.2, 0.25) is 0 Å². The lowest BCUT2D eigenvalue weighted by Crippen LogP contribution is -2.06. The van der Waals surface area contributed by atoms with Crippen molar-refractivity contribution in [3.05, 3.63) is 59.7 Å². The molecule has 2 nitrogen and oxygen atoms in total. The first kappa shape index (κ1) is 12.8. The van der Waals surface area contributed by atoms with E-state index >= 15 is 0 Å². The molecule has 0 unspecified atom stereocenters. The predicted molar refractivity (Wildman–Crippen MR) is 75.2 cm³/mol. The second kappa shape index (κ2) is 5.80. The molecule has 0 aromatic heterocycles. The van der Waals surface area contributed by atoms with Crippen molar-refractivity contribution < 1.29 is 5.11 Å². The first-order chi connectivity index (χ1) is 8.72. The van der Waals surface area contributed by atoms with Crippen LogP contribution in [0.2, 0.25) is 0 Å². The molecule has 2 aromatic carbocycles. The molecule has 2 rings (SSSR count). The summed E-state index contributed by atoms with van der Waals surface area (Å²) in [5.74, 6) is 0. The number of aliphatic hydroxyl groups is 1. The van der Waals surface area contributed by atoms with Crippen molar-refractivity contribution in [2.24, 2.45) is 5.73 Å². The van der Waals surface area contributed by atoms with Crippen molar-refractivity contribution in [3.8, 4) is 11.1 Å². The van der Waals surface area contributed by atoms with Crippen molar-refractivity contribution in [2.75, 3.05) is 6.54 Å². The molecule has 94 valence electrons. The van der Waals surface area contributed by atoms with E-state index in [4.69, 9.17) is 5.73 Å². The Morgan fingerprint density at radius 2 is 1.89 bits per heavy atom. The normalized spacial score (nSPS) is 12.4. The molecule has 0 saturated heterocycles. The van der Waals surface area contributed by atoms with Crippen LogP contribution in [0.15, 0.2) is 48.5 Å². The van der Waals surface area contributed by atoms with E-state index in [0.717, 1.165) is 11.1 Å². The third-order valence-electron chi connectivity index (χ3n) is 3.17. The van der Waals surface area contributed by atoms with Crippen LogP contribution in [0.5, 0.6) is 0 Å². The lowest BCUT2D eigenvalue weighted by molar-refractivity contribution is 0.170. The minimum atomic E-state index is -0.473. The van der Waals surface area contributed by atoms with E-state index < -0.39 is 6.10 Å². The van der Waals surface area contributed by atoms with Gasteiger partial charge >= 0.3 is 0 Å². The van der Waals surface area contributed by atoms with Crippen LogP contribution in [0.1, 0.15) is 23.7 Å². The molecule has 3 N–H and O–H groups in total. The van der Waals surface area contributed by atoms with Gasteiger partial charge in [0, 0.05) is 0 Å². The van der Waals surface area contributed by atoms with Gasteiger partial charge in [-0.1, -0.05) is 42.5 Å². The van der Waals surface area contributed by atoms with Crippen molar-refractivity contribution in [1.82, 2.24) is 0 Å². The van der Waals surface area contributed by atoms with Crippen LogP contribution >= 0.6 is 0 Å². The summed E-state index contributed by atoms with van der Waals surface area (Å²) < 4.78 is 0. The quantitative estimate of drug-likeness (QED) is 0.864. The van der Waals surface area contributed by atoms with Crippen molar-refractivity contribution in [3.63, 3.8) is 0 Å². The number of hydrogen-bond acceptors (Lipinski definition) is 2. The Bertz CT molecular complexity index is 522. The number of aryl methyl sites for hydroxylation is 1. The van der Waals surface area contributed by atoms with Gasteiger partial charge in [-0.3, -0.25) is 0 Å². The number of nitrogens with two attached hydrogens (primary N) is 1. The van der Waals surface area contributed by atoms with E-state index in [9.17, 15) is 5.11 Å². The molecule has 0 aliphatic heterocycles. The molecule has 0 bridgehead atoms. The smallest absolute Gasteiger partial charge is 0.0802 e. The first-order valence-electron chi connectivity index (χ1n) is 6.26. The Morgan fingerprint density at radius 3 is 2.61 bits per heavy atom. The Balaban J connectivity index is 2.36. The zero-order chi connectivity index (χ0) is 13.0. The third kappa shape index (κ3) is 2.78. The van der Waals surface area contributed by atoms with E-state index in [1.807, 2.05) is 30.3 Å². The SMILES string of the molecule is Cc1ccccc1-c1cccc([C@@H](O)CCN)c1. The molecule has 0 amide bonds. The molecule has 0 aliphatic carbocycles. The summed E-state index contributed by atoms with van der Waals surface area (Å²) in [7, 11) is 0. The standard InChI is InChI=1S/C16H19NO/c1-12-5-2-3-8-15(12)13-6-4-7-14(11-13)16(18)9-10-17/h2-8,11,16,18H,9-10,17H2,1H3/t16-/m0/s1. The molecule has 18 heavy (non-hydrogen) atoms. The summed E-state index contributed by atoms with van der Waals surface area (Å²) >= 11 is 0. The van der Waals surface area contributed by atoms with Crippen LogP contribution in [0.4, 0.5) is 0 Å². The van der Waals surface area contributed by atoms with Gasteiger partial charge in [-0.25, -0.2) is 0 Å². The second-order valence-electron chi connectivity index (χ2n) is 4.53. The highest BCUT2D eigenvalue weighted by Crippen LogP contribution is 2.26. The molecule has 0 saturated carbocycles. The summed E-state index contributed by atoms with van der Waals surface area (Å²) in [6.07, 6.45) is 0.121. The van der Waals surface area contributed by atoms with E-state index in [1.165, 1.54) is 11.1 Å². The molecule has 0 heterocycles. The average Bonchev–Trinajstić information content (AvgIpc) is 2.40. The summed E-state index contributed by atoms with van der Waals surface area (Å²) in [6.45, 7) is 2.59. The largest absolute Gasteiger partial charge is 0.388 e. The van der Waals surface area contributed by atoms with Crippen molar-refractivity contribution >= 4 is 0 Å². The second-order valence-corrected chi connectivity index (χ2v) is 4.53. The number of rotatable bonds is 4. The fraction of sp³-hybridized carbons (Fsp3) is 0.250. The van der Waals surface area contributed by atoms with Gasteiger partial charge in [0.15, 0.2) is 0 Å². The lowest BCUT2D eigenvalue weighted by atomic mass is 9.97. The van der Waals surface area contributed by atoms with Crippen LogP contribution in [-0.2, 0) is 0 Å². The molecule has 0 radical (unpaired) electrons. The summed E-state index contributed by atoms with van der Waals surface area (Å²) in [5, 5.41) is 9.98. The van der Waals surface area contributed by atoms with Gasteiger partial charge in [0.25, 0.3) is 0 Å². The van der Waals surface area contributed by atoms with Gasteiger partial charge in [0.1, 0.15) is 0 Å². The minimum absolute atomic E-state index is 0.473. The van der Waals surface area contributed by atoms with Gasteiger partial charge < -0.3 is 10.8 Å². The van der Waals surface area contributed by atoms with Crippen LogP contribution < -0.4 is 5.73 Å². The Labute approximate surface area is 108 Å². The van der Waals surface area contributed by atoms with Crippen molar-refractivity contribution in [1.29, 1.82) is 0 Å². The molecule has 0 aliphatic rings. The molecular weight excluding hydrogens is 222 g/mol. The number of hydrogen-bond donors (Lipinski definition) is 2. The zero-order valence-electron chi connectivity index (χ0n) is 10.6. The minimum Gasteiger partial charge on any atom is -0.388 e. The van der Waals surface area contributed by atoms with Gasteiger partial charge in [-0.15, -0.1) is 0 Å². The Morgan fingerprint density at radius 1 is 1.11 bits per heavy atom. The Hall–Kier alpha value is -1.64.